The molecule has 0 bridgehead atoms. The lowest BCUT2D eigenvalue weighted by atomic mass is 9.78. The second-order valence-electron chi connectivity index (χ2n) is 12.4. The molecule has 3 aliphatic rings. The summed E-state index contributed by atoms with van der Waals surface area (Å²) >= 11 is 0. The van der Waals surface area contributed by atoms with Gasteiger partial charge in [-0.25, -0.2) is 0 Å². The van der Waals surface area contributed by atoms with E-state index >= 15 is 0 Å². The van der Waals surface area contributed by atoms with E-state index in [1.165, 1.54) is 31.4 Å². The highest BCUT2D eigenvalue weighted by atomic mass is 16.2. The molecule has 5 N–H and O–H groups in total. The van der Waals surface area contributed by atoms with E-state index in [2.05, 4.69) is 69.1 Å². The molecule has 1 aliphatic carbocycles. The van der Waals surface area contributed by atoms with E-state index in [9.17, 15) is 4.79 Å². The summed E-state index contributed by atoms with van der Waals surface area (Å²) in [5.41, 5.74) is 12.2. The first-order valence-electron chi connectivity index (χ1n) is 15.7. The van der Waals surface area contributed by atoms with Crippen LogP contribution in [0.1, 0.15) is 58.8 Å². The summed E-state index contributed by atoms with van der Waals surface area (Å²) in [6, 6.07) is 11.3. The second kappa shape index (κ2) is 14.8. The summed E-state index contributed by atoms with van der Waals surface area (Å²) in [6.07, 6.45) is 8.18. The minimum absolute atomic E-state index is 0.339. The van der Waals surface area contributed by atoms with Gasteiger partial charge in [0.15, 0.2) is 0 Å². The lowest BCUT2D eigenvalue weighted by molar-refractivity contribution is -0.133. The van der Waals surface area contributed by atoms with Gasteiger partial charge in [0, 0.05) is 70.6 Å². The average Bonchev–Trinajstić information content (AvgIpc) is 3.22. The summed E-state index contributed by atoms with van der Waals surface area (Å²) in [7, 11) is 0. The maximum atomic E-state index is 14.0. The van der Waals surface area contributed by atoms with Gasteiger partial charge in [0.25, 0.3) is 0 Å². The predicted octanol–water partition coefficient (Wildman–Crippen LogP) is 2.54. The van der Waals surface area contributed by atoms with Gasteiger partial charge in [0.2, 0.25) is 5.91 Å². The zero-order valence-electron chi connectivity index (χ0n) is 24.7. The second-order valence-corrected chi connectivity index (χ2v) is 12.4. The smallest absolute Gasteiger partial charge is 0.250 e. The molecule has 1 amide bonds. The Labute approximate surface area is 237 Å². The number of anilines is 1. The fourth-order valence-electron chi connectivity index (χ4n) is 7.22. The molecular weight excluding hydrogens is 486 g/mol. The number of rotatable bonds is 14. The van der Waals surface area contributed by atoms with Crippen molar-refractivity contribution in [3.8, 4) is 0 Å². The van der Waals surface area contributed by atoms with Gasteiger partial charge in [0.1, 0.15) is 5.54 Å². The van der Waals surface area contributed by atoms with Crippen molar-refractivity contribution in [2.45, 2.75) is 70.4 Å². The van der Waals surface area contributed by atoms with E-state index in [1.54, 1.807) is 0 Å². The van der Waals surface area contributed by atoms with Crippen LogP contribution in [0.25, 0.3) is 0 Å². The molecule has 8 heteroatoms. The van der Waals surface area contributed by atoms with Crippen molar-refractivity contribution < 1.29 is 4.79 Å². The Morgan fingerprint density at radius 1 is 0.974 bits per heavy atom. The maximum Gasteiger partial charge on any atom is 0.250 e. The summed E-state index contributed by atoms with van der Waals surface area (Å²) in [5, 5.41) is 3.56. The van der Waals surface area contributed by atoms with Crippen molar-refractivity contribution in [3.05, 3.63) is 30.3 Å². The monoisotopic (exact) mass is 541 g/mol. The lowest BCUT2D eigenvalue weighted by Crippen LogP contribution is -2.58. The molecule has 8 nitrogen and oxygen atoms in total. The number of nitrogens with one attached hydrogen (secondary N) is 1. The van der Waals surface area contributed by atoms with Crippen molar-refractivity contribution >= 4 is 11.6 Å². The number of nitrogens with zero attached hydrogens (tertiary/aromatic N) is 4. The van der Waals surface area contributed by atoms with Gasteiger partial charge in [-0.2, -0.15) is 0 Å². The van der Waals surface area contributed by atoms with Crippen LogP contribution in [0.5, 0.6) is 0 Å². The number of piperidine rings is 1. The van der Waals surface area contributed by atoms with Gasteiger partial charge in [-0.15, -0.1) is 0 Å². The zero-order valence-corrected chi connectivity index (χ0v) is 24.7. The van der Waals surface area contributed by atoms with E-state index in [4.69, 9.17) is 11.5 Å². The highest BCUT2D eigenvalue weighted by Crippen LogP contribution is 2.41. The highest BCUT2D eigenvalue weighted by molar-refractivity contribution is 5.93. The van der Waals surface area contributed by atoms with E-state index in [0.29, 0.717) is 31.7 Å². The topological polar surface area (TPSA) is 94.1 Å². The standard InChI is InChI=1S/C31H55N7O/c1-26(2)27-9-11-28(12-10-27)36-20-13-31(14-21-36)30(39)37(25-38(31)29-7-4-3-5-8-29)19-6-17-34-18-24-35(22-15-32)23-16-33/h3-5,7-8,26-28,34H,6,9-25,32-33H2,1-2H3. The van der Waals surface area contributed by atoms with Crippen LogP contribution in [0.4, 0.5) is 5.69 Å². The third-order valence-corrected chi connectivity index (χ3v) is 9.68. The molecule has 220 valence electrons. The Hall–Kier alpha value is -1.71. The van der Waals surface area contributed by atoms with Crippen LogP contribution in [0, 0.1) is 11.8 Å². The van der Waals surface area contributed by atoms with Gasteiger partial charge in [0.05, 0.1) is 6.67 Å². The number of hydrogen-bond acceptors (Lipinski definition) is 7. The Morgan fingerprint density at radius 3 is 2.26 bits per heavy atom. The summed E-state index contributed by atoms with van der Waals surface area (Å²) < 4.78 is 0. The average molecular weight is 542 g/mol. The summed E-state index contributed by atoms with van der Waals surface area (Å²) in [5.74, 6) is 2.03. The molecule has 1 aromatic carbocycles. The maximum absolute atomic E-state index is 14.0. The van der Waals surface area contributed by atoms with Crippen LogP contribution in [0.2, 0.25) is 0 Å². The van der Waals surface area contributed by atoms with Gasteiger partial charge >= 0.3 is 0 Å². The normalized spacial score (nSPS) is 24.0. The van der Waals surface area contributed by atoms with E-state index in [0.717, 1.165) is 83.5 Å². The van der Waals surface area contributed by atoms with Crippen molar-refractivity contribution in [1.29, 1.82) is 0 Å². The Balaban J connectivity index is 1.31. The van der Waals surface area contributed by atoms with Crippen LogP contribution in [-0.2, 0) is 4.79 Å². The minimum atomic E-state index is -0.397. The Bertz CT molecular complexity index is 844. The lowest BCUT2D eigenvalue weighted by Gasteiger charge is -2.47. The van der Waals surface area contributed by atoms with Crippen LogP contribution >= 0.6 is 0 Å². The van der Waals surface area contributed by atoms with Gasteiger partial charge in [-0.05, 0) is 75.5 Å². The fourth-order valence-corrected chi connectivity index (χ4v) is 7.22. The molecule has 0 atom stereocenters. The number of para-hydroxylation sites is 1. The van der Waals surface area contributed by atoms with Crippen molar-refractivity contribution in [1.82, 2.24) is 20.0 Å². The van der Waals surface area contributed by atoms with Gasteiger partial charge in [-0.3, -0.25) is 9.69 Å². The fraction of sp³-hybridized carbons (Fsp3) is 0.774. The Morgan fingerprint density at radius 2 is 1.64 bits per heavy atom. The molecular formula is C31H55N7O. The number of likely N-dealkylation sites (tertiary alicyclic amines) is 1. The molecule has 4 rings (SSSR count). The molecule has 0 radical (unpaired) electrons. The van der Waals surface area contributed by atoms with Crippen molar-refractivity contribution in [2.24, 2.45) is 23.3 Å². The SMILES string of the molecule is CC(C)C1CCC(N2CCC3(CC2)C(=O)N(CCCNCCN(CCN)CCN)CN3c2ccccc2)CC1. The highest BCUT2D eigenvalue weighted by Gasteiger charge is 2.54. The number of carbonyl (C=O) groups excluding carboxylic acids is 1. The van der Waals surface area contributed by atoms with Crippen molar-refractivity contribution in [2.75, 3.05) is 77.0 Å². The number of nitrogens with two attached hydrogens (primary N) is 2. The molecule has 39 heavy (non-hydrogen) atoms. The molecule has 1 aromatic rings. The molecule has 1 spiro atoms. The molecule has 2 aliphatic heterocycles. The van der Waals surface area contributed by atoms with Crippen molar-refractivity contribution in [3.63, 3.8) is 0 Å². The quantitative estimate of drug-likeness (QED) is 0.312. The van der Waals surface area contributed by atoms with Crippen LogP contribution in [0.15, 0.2) is 30.3 Å². The minimum Gasteiger partial charge on any atom is -0.339 e. The Kier molecular flexibility index (Phi) is 11.5. The molecule has 1 saturated carbocycles. The van der Waals surface area contributed by atoms with Crippen LogP contribution in [-0.4, -0.2) is 104 Å². The third kappa shape index (κ3) is 7.53. The first-order valence-corrected chi connectivity index (χ1v) is 15.7. The van der Waals surface area contributed by atoms with Crippen LogP contribution in [0.3, 0.4) is 0 Å². The zero-order chi connectivity index (χ0) is 27.7. The number of benzene rings is 1. The number of amides is 1. The predicted molar refractivity (Wildman–Crippen MR) is 162 cm³/mol. The van der Waals surface area contributed by atoms with Gasteiger partial charge < -0.3 is 31.5 Å². The molecule has 3 fully saturated rings. The number of hydrogen-bond donors (Lipinski definition) is 3. The molecule has 2 heterocycles. The van der Waals surface area contributed by atoms with E-state index in [-0.39, 0.29) is 0 Å². The number of carbonyl (C=O) groups is 1. The molecule has 0 aromatic heterocycles. The first-order chi connectivity index (χ1) is 19.0. The summed E-state index contributed by atoms with van der Waals surface area (Å²) in [4.78, 5) is 23.6. The molecule has 2 saturated heterocycles. The van der Waals surface area contributed by atoms with E-state index in [1.807, 2.05) is 0 Å². The van der Waals surface area contributed by atoms with Crippen LogP contribution < -0.4 is 21.7 Å². The first kappa shape index (κ1) is 30.3. The largest absolute Gasteiger partial charge is 0.339 e. The summed E-state index contributed by atoms with van der Waals surface area (Å²) in [6.45, 7) is 14.2. The van der Waals surface area contributed by atoms with Gasteiger partial charge in [-0.1, -0.05) is 32.0 Å². The van der Waals surface area contributed by atoms with E-state index < -0.39 is 5.54 Å². The molecule has 0 unspecified atom stereocenters. The third-order valence-electron chi connectivity index (χ3n) is 9.68.